The zero-order chi connectivity index (χ0) is 20.2. The molecule has 0 bridgehead atoms. The van der Waals surface area contributed by atoms with Gasteiger partial charge in [0.15, 0.2) is 17.3 Å². The lowest BCUT2D eigenvalue weighted by Gasteiger charge is -2.11. The zero-order valence-electron chi connectivity index (χ0n) is 15.0. The summed E-state index contributed by atoms with van der Waals surface area (Å²) in [4.78, 5) is 24.6. The second-order valence-corrected chi connectivity index (χ2v) is 6.49. The van der Waals surface area contributed by atoms with Crippen LogP contribution in [0, 0.1) is 0 Å². The van der Waals surface area contributed by atoms with Crippen LogP contribution in [0.1, 0.15) is 16.1 Å². The fourth-order valence-electron chi connectivity index (χ4n) is 2.68. The van der Waals surface area contributed by atoms with Crippen molar-refractivity contribution in [2.75, 3.05) is 17.4 Å². The molecule has 7 nitrogen and oxygen atoms in total. The normalized spacial score (nSPS) is 12.2. The van der Waals surface area contributed by atoms with E-state index in [1.165, 1.54) is 18.4 Å². The van der Waals surface area contributed by atoms with E-state index in [0.717, 1.165) is 5.56 Å². The minimum Gasteiger partial charge on any atom is -0.459 e. The molecule has 2 N–H and O–H groups in total. The maximum absolute atomic E-state index is 12.4. The van der Waals surface area contributed by atoms with Gasteiger partial charge in [-0.2, -0.15) is 0 Å². The number of anilines is 2. The molecule has 8 heteroatoms. The fraction of sp³-hybridized carbons (Fsp3) is 0.0476. The molecule has 4 rings (SSSR count). The van der Waals surface area contributed by atoms with Crippen molar-refractivity contribution in [3.63, 3.8) is 0 Å². The largest absolute Gasteiger partial charge is 0.459 e. The second kappa shape index (κ2) is 8.12. The van der Waals surface area contributed by atoms with Gasteiger partial charge >= 0.3 is 0 Å². The van der Waals surface area contributed by atoms with Gasteiger partial charge in [0.25, 0.3) is 5.91 Å². The van der Waals surface area contributed by atoms with Crippen LogP contribution in [0.2, 0.25) is 5.02 Å². The summed E-state index contributed by atoms with van der Waals surface area (Å²) in [5.74, 6) is 0.616. The van der Waals surface area contributed by atoms with E-state index < -0.39 is 5.91 Å². The molecule has 1 aliphatic rings. The molecule has 0 aliphatic carbocycles. The Morgan fingerprint density at radius 1 is 0.966 bits per heavy atom. The Morgan fingerprint density at radius 3 is 2.66 bits per heavy atom. The molecule has 0 unspecified atom stereocenters. The standard InChI is InChI=1S/C21H15ClN2O5/c22-14-5-6-15(16(11-14)24-21(26)18-2-1-9-27-18)23-20(25)8-4-13-3-7-17-19(10-13)29-12-28-17/h1-11H,12H2,(H,23,25)(H,24,26). The number of hydrogen-bond acceptors (Lipinski definition) is 5. The van der Waals surface area contributed by atoms with Crippen LogP contribution in [-0.2, 0) is 4.79 Å². The molecule has 0 atom stereocenters. The minimum atomic E-state index is -0.455. The predicted molar refractivity (Wildman–Crippen MR) is 108 cm³/mol. The highest BCUT2D eigenvalue weighted by Gasteiger charge is 2.14. The number of halogens is 1. The quantitative estimate of drug-likeness (QED) is 0.601. The van der Waals surface area contributed by atoms with E-state index in [9.17, 15) is 9.59 Å². The lowest BCUT2D eigenvalue weighted by atomic mass is 10.2. The number of amides is 2. The summed E-state index contributed by atoms with van der Waals surface area (Å²) >= 11 is 6.03. The Bertz CT molecular complexity index is 1090. The smallest absolute Gasteiger partial charge is 0.291 e. The van der Waals surface area contributed by atoms with E-state index in [1.54, 1.807) is 42.5 Å². The van der Waals surface area contributed by atoms with Crippen LogP contribution >= 0.6 is 11.6 Å². The molecule has 2 aromatic carbocycles. The van der Waals surface area contributed by atoms with Gasteiger partial charge in [0.05, 0.1) is 17.6 Å². The maximum Gasteiger partial charge on any atom is 0.291 e. The molecule has 3 aromatic rings. The Labute approximate surface area is 170 Å². The maximum atomic E-state index is 12.4. The summed E-state index contributed by atoms with van der Waals surface area (Å²) in [7, 11) is 0. The second-order valence-electron chi connectivity index (χ2n) is 6.06. The van der Waals surface area contributed by atoms with Crippen molar-refractivity contribution in [1.29, 1.82) is 0 Å². The Balaban J connectivity index is 1.47. The number of hydrogen-bond donors (Lipinski definition) is 2. The number of rotatable bonds is 5. The van der Waals surface area contributed by atoms with E-state index in [4.69, 9.17) is 25.5 Å². The van der Waals surface area contributed by atoms with Gasteiger partial charge in [-0.1, -0.05) is 17.7 Å². The van der Waals surface area contributed by atoms with Gasteiger partial charge < -0.3 is 24.5 Å². The first-order valence-corrected chi connectivity index (χ1v) is 8.99. The molecule has 146 valence electrons. The summed E-state index contributed by atoms with van der Waals surface area (Å²) in [6.07, 6.45) is 4.43. The summed E-state index contributed by atoms with van der Waals surface area (Å²) in [5, 5.41) is 5.81. The SMILES string of the molecule is O=C(C=Cc1ccc2c(c1)OCO2)Nc1ccc(Cl)cc1NC(=O)c1ccco1. The van der Waals surface area contributed by atoms with Crippen molar-refractivity contribution < 1.29 is 23.5 Å². The zero-order valence-corrected chi connectivity index (χ0v) is 15.7. The summed E-state index contributed by atoms with van der Waals surface area (Å²) < 4.78 is 15.7. The number of ether oxygens (including phenoxy) is 2. The van der Waals surface area contributed by atoms with Gasteiger partial charge in [-0.15, -0.1) is 0 Å². The lowest BCUT2D eigenvalue weighted by molar-refractivity contribution is -0.111. The lowest BCUT2D eigenvalue weighted by Crippen LogP contribution is -2.15. The molecular formula is C21H15ClN2O5. The van der Waals surface area contributed by atoms with Crippen molar-refractivity contribution in [2.45, 2.75) is 0 Å². The number of furan rings is 1. The van der Waals surface area contributed by atoms with E-state index >= 15 is 0 Å². The summed E-state index contributed by atoms with van der Waals surface area (Å²) in [6.45, 7) is 0.187. The average Bonchev–Trinajstić information content (AvgIpc) is 3.40. The van der Waals surface area contributed by atoms with E-state index in [2.05, 4.69) is 10.6 Å². The molecular weight excluding hydrogens is 396 g/mol. The molecule has 29 heavy (non-hydrogen) atoms. The molecule has 0 fully saturated rings. The predicted octanol–water partition coefficient (Wildman–Crippen LogP) is 4.57. The van der Waals surface area contributed by atoms with Crippen LogP contribution in [0.15, 0.2) is 65.3 Å². The van der Waals surface area contributed by atoms with Gasteiger partial charge in [0.2, 0.25) is 12.7 Å². The van der Waals surface area contributed by atoms with Gasteiger partial charge in [-0.25, -0.2) is 0 Å². The van der Waals surface area contributed by atoms with Gasteiger partial charge in [0, 0.05) is 11.1 Å². The fourth-order valence-corrected chi connectivity index (χ4v) is 2.86. The van der Waals surface area contributed by atoms with Crippen LogP contribution in [0.5, 0.6) is 11.5 Å². The highest BCUT2D eigenvalue weighted by molar-refractivity contribution is 6.31. The molecule has 0 saturated heterocycles. The highest BCUT2D eigenvalue weighted by Crippen LogP contribution is 2.33. The van der Waals surface area contributed by atoms with E-state index in [-0.39, 0.29) is 18.5 Å². The topological polar surface area (TPSA) is 89.8 Å². The molecule has 0 radical (unpaired) electrons. The number of nitrogens with one attached hydrogen (secondary N) is 2. The van der Waals surface area contributed by atoms with Crippen LogP contribution in [-0.4, -0.2) is 18.6 Å². The summed E-state index contributed by atoms with van der Waals surface area (Å²) in [5.41, 5.74) is 1.53. The van der Waals surface area contributed by atoms with E-state index in [1.807, 2.05) is 6.07 Å². The first-order valence-electron chi connectivity index (χ1n) is 8.61. The van der Waals surface area contributed by atoms with Crippen molar-refractivity contribution in [2.24, 2.45) is 0 Å². The highest BCUT2D eigenvalue weighted by atomic mass is 35.5. The van der Waals surface area contributed by atoms with Crippen LogP contribution in [0.3, 0.4) is 0 Å². The average molecular weight is 411 g/mol. The monoisotopic (exact) mass is 410 g/mol. The van der Waals surface area contributed by atoms with Crippen LogP contribution < -0.4 is 20.1 Å². The van der Waals surface area contributed by atoms with Crippen LogP contribution in [0.4, 0.5) is 11.4 Å². The molecule has 2 amide bonds. The van der Waals surface area contributed by atoms with Crippen molar-refractivity contribution >= 4 is 40.9 Å². The third kappa shape index (κ3) is 4.41. The first-order chi connectivity index (χ1) is 14.1. The third-order valence-electron chi connectivity index (χ3n) is 4.06. The van der Waals surface area contributed by atoms with Crippen LogP contribution in [0.25, 0.3) is 6.08 Å². The summed E-state index contributed by atoms with van der Waals surface area (Å²) in [6, 6.07) is 13.3. The van der Waals surface area contributed by atoms with Gasteiger partial charge in [-0.05, 0) is 54.1 Å². The third-order valence-corrected chi connectivity index (χ3v) is 4.29. The Kier molecular flexibility index (Phi) is 5.22. The number of carbonyl (C=O) groups is 2. The molecule has 2 heterocycles. The Morgan fingerprint density at radius 2 is 1.83 bits per heavy atom. The number of benzene rings is 2. The van der Waals surface area contributed by atoms with Crippen molar-refractivity contribution in [1.82, 2.24) is 0 Å². The molecule has 0 saturated carbocycles. The molecule has 1 aromatic heterocycles. The molecule has 1 aliphatic heterocycles. The van der Waals surface area contributed by atoms with E-state index in [0.29, 0.717) is 27.9 Å². The van der Waals surface area contributed by atoms with Crippen molar-refractivity contribution in [3.05, 3.63) is 77.2 Å². The number of carbonyl (C=O) groups excluding carboxylic acids is 2. The Hall–Kier alpha value is -3.71. The minimum absolute atomic E-state index is 0.143. The number of fused-ring (bicyclic) bond motifs is 1. The van der Waals surface area contributed by atoms with Gasteiger partial charge in [0.1, 0.15) is 0 Å². The van der Waals surface area contributed by atoms with Gasteiger partial charge in [-0.3, -0.25) is 9.59 Å². The molecule has 0 spiro atoms. The van der Waals surface area contributed by atoms with Crippen molar-refractivity contribution in [3.8, 4) is 11.5 Å². The first kappa shape index (κ1) is 18.6.